The van der Waals surface area contributed by atoms with Crippen LogP contribution < -0.4 is 9.80 Å². The van der Waals surface area contributed by atoms with Gasteiger partial charge in [0.05, 0.1) is 11.4 Å². The summed E-state index contributed by atoms with van der Waals surface area (Å²) in [5.41, 5.74) is 3.72. The number of rotatable bonds is 2. The highest BCUT2D eigenvalue weighted by Crippen LogP contribution is 2.33. The van der Waals surface area contributed by atoms with Crippen molar-refractivity contribution in [2.24, 2.45) is 0 Å². The van der Waals surface area contributed by atoms with Crippen LogP contribution in [0.15, 0.2) is 46.9 Å². The van der Waals surface area contributed by atoms with E-state index in [2.05, 4.69) is 63.1 Å². The van der Waals surface area contributed by atoms with Gasteiger partial charge in [-0.25, -0.2) is 0 Å². The molecule has 0 spiro atoms. The molecule has 2 nitrogen and oxygen atoms in total. The summed E-state index contributed by atoms with van der Waals surface area (Å²) < 4.78 is 1.02. The van der Waals surface area contributed by atoms with Crippen LogP contribution in [0.5, 0.6) is 0 Å². The van der Waals surface area contributed by atoms with E-state index in [9.17, 15) is 0 Å². The van der Waals surface area contributed by atoms with E-state index in [1.807, 2.05) is 12.1 Å². The Labute approximate surface area is 133 Å². The maximum Gasteiger partial charge on any atom is 0.0607 e. The monoisotopic (exact) mass is 350 g/mol. The Morgan fingerprint density at radius 2 is 1.85 bits per heavy atom. The number of fused-ring (bicyclic) bond motifs is 1. The number of nitrogens with zero attached hydrogens (tertiary/aromatic N) is 2. The number of likely N-dealkylation sites (N-methyl/N-ethyl adjacent to an activating group) is 1. The van der Waals surface area contributed by atoms with Crippen molar-refractivity contribution in [2.45, 2.75) is 6.54 Å². The smallest absolute Gasteiger partial charge is 0.0607 e. The van der Waals surface area contributed by atoms with Crippen molar-refractivity contribution < 1.29 is 0 Å². The molecule has 20 heavy (non-hydrogen) atoms. The molecule has 0 saturated heterocycles. The van der Waals surface area contributed by atoms with Crippen LogP contribution in [-0.4, -0.2) is 20.1 Å². The van der Waals surface area contributed by atoms with E-state index in [4.69, 9.17) is 11.6 Å². The maximum atomic E-state index is 6.34. The summed E-state index contributed by atoms with van der Waals surface area (Å²) in [6, 6.07) is 14.6. The van der Waals surface area contributed by atoms with Crippen molar-refractivity contribution in [2.75, 3.05) is 29.9 Å². The van der Waals surface area contributed by atoms with Gasteiger partial charge in [-0.2, -0.15) is 0 Å². The SMILES string of the molecule is CN1CCN(Cc2ccc(Br)cc2Cl)c2ccccc21. The molecule has 0 amide bonds. The fourth-order valence-corrected chi connectivity index (χ4v) is 3.32. The molecule has 1 aliphatic rings. The summed E-state index contributed by atoms with van der Waals surface area (Å²) in [6.07, 6.45) is 0. The lowest BCUT2D eigenvalue weighted by atomic mass is 10.1. The zero-order valence-electron chi connectivity index (χ0n) is 11.3. The van der Waals surface area contributed by atoms with E-state index in [0.29, 0.717) is 0 Å². The molecule has 0 radical (unpaired) electrons. The highest BCUT2D eigenvalue weighted by Gasteiger charge is 2.20. The zero-order chi connectivity index (χ0) is 14.1. The molecule has 0 saturated carbocycles. The van der Waals surface area contributed by atoms with Crippen molar-refractivity contribution in [3.8, 4) is 0 Å². The zero-order valence-corrected chi connectivity index (χ0v) is 13.7. The Balaban J connectivity index is 1.90. The van der Waals surface area contributed by atoms with Crippen molar-refractivity contribution in [3.63, 3.8) is 0 Å². The summed E-state index contributed by atoms with van der Waals surface area (Å²) in [7, 11) is 2.14. The molecule has 1 heterocycles. The lowest BCUT2D eigenvalue weighted by Gasteiger charge is -2.37. The largest absolute Gasteiger partial charge is 0.371 e. The van der Waals surface area contributed by atoms with Gasteiger partial charge >= 0.3 is 0 Å². The minimum absolute atomic E-state index is 0.816. The first-order chi connectivity index (χ1) is 9.65. The first-order valence-corrected chi connectivity index (χ1v) is 7.81. The standard InChI is InChI=1S/C16H16BrClN2/c1-19-8-9-20(16-5-3-2-4-15(16)19)11-12-6-7-13(17)10-14(12)18/h2-7,10H,8-9,11H2,1H3. The second-order valence-electron chi connectivity index (χ2n) is 5.07. The molecular weight excluding hydrogens is 336 g/mol. The van der Waals surface area contributed by atoms with E-state index in [1.54, 1.807) is 0 Å². The van der Waals surface area contributed by atoms with Gasteiger partial charge in [-0.05, 0) is 29.8 Å². The average Bonchev–Trinajstić information content (AvgIpc) is 2.45. The molecule has 2 aromatic rings. The second-order valence-corrected chi connectivity index (χ2v) is 6.39. The van der Waals surface area contributed by atoms with Gasteiger partial charge in [0.2, 0.25) is 0 Å². The first kappa shape index (κ1) is 13.8. The van der Waals surface area contributed by atoms with Gasteiger partial charge in [-0.1, -0.05) is 45.7 Å². The summed E-state index contributed by atoms with van der Waals surface area (Å²) in [6.45, 7) is 2.89. The van der Waals surface area contributed by atoms with Gasteiger partial charge in [-0.15, -0.1) is 0 Å². The van der Waals surface area contributed by atoms with Gasteiger partial charge in [0, 0.05) is 36.2 Å². The van der Waals surface area contributed by atoms with Crippen LogP contribution >= 0.6 is 27.5 Å². The second kappa shape index (κ2) is 5.66. The molecule has 4 heteroatoms. The van der Waals surface area contributed by atoms with Gasteiger partial charge in [0.1, 0.15) is 0 Å². The van der Waals surface area contributed by atoms with E-state index in [1.165, 1.54) is 11.4 Å². The molecule has 0 fully saturated rings. The molecular formula is C16H16BrClN2. The Kier molecular flexibility index (Phi) is 3.90. The molecule has 2 aromatic carbocycles. The highest BCUT2D eigenvalue weighted by molar-refractivity contribution is 9.10. The third kappa shape index (κ3) is 2.65. The number of hydrogen-bond acceptors (Lipinski definition) is 2. The van der Waals surface area contributed by atoms with Crippen LogP contribution in [0.3, 0.4) is 0 Å². The number of halogens is 2. The Bertz CT molecular complexity index is 630. The summed E-state index contributed by atoms with van der Waals surface area (Å²) in [4.78, 5) is 4.69. The Morgan fingerprint density at radius 1 is 1.10 bits per heavy atom. The van der Waals surface area contributed by atoms with Crippen molar-refractivity contribution >= 4 is 38.9 Å². The predicted octanol–water partition coefficient (Wildman–Crippen LogP) is 4.56. The van der Waals surface area contributed by atoms with E-state index in [0.717, 1.165) is 34.7 Å². The first-order valence-electron chi connectivity index (χ1n) is 6.64. The van der Waals surface area contributed by atoms with Crippen LogP contribution in [0.4, 0.5) is 11.4 Å². The number of anilines is 2. The highest BCUT2D eigenvalue weighted by atomic mass is 79.9. The van der Waals surface area contributed by atoms with Gasteiger partial charge in [0.15, 0.2) is 0 Å². The van der Waals surface area contributed by atoms with E-state index in [-0.39, 0.29) is 0 Å². The average molecular weight is 352 g/mol. The minimum atomic E-state index is 0.816. The lowest BCUT2D eigenvalue weighted by Crippen LogP contribution is -2.38. The maximum absolute atomic E-state index is 6.34. The molecule has 0 aromatic heterocycles. The Morgan fingerprint density at radius 3 is 2.60 bits per heavy atom. The number of hydrogen-bond donors (Lipinski definition) is 0. The molecule has 0 aliphatic carbocycles. The quantitative estimate of drug-likeness (QED) is 0.782. The van der Waals surface area contributed by atoms with Gasteiger partial charge in [0.25, 0.3) is 0 Å². The topological polar surface area (TPSA) is 6.48 Å². The van der Waals surface area contributed by atoms with Crippen LogP contribution in [0.2, 0.25) is 5.02 Å². The summed E-state index contributed by atoms with van der Waals surface area (Å²) in [5.74, 6) is 0. The van der Waals surface area contributed by atoms with Crippen molar-refractivity contribution in [3.05, 3.63) is 57.5 Å². The summed E-state index contributed by atoms with van der Waals surface area (Å²) in [5, 5.41) is 0.816. The van der Waals surface area contributed by atoms with E-state index < -0.39 is 0 Å². The minimum Gasteiger partial charge on any atom is -0.371 e. The fraction of sp³-hybridized carbons (Fsp3) is 0.250. The number of para-hydroxylation sites is 2. The fourth-order valence-electron chi connectivity index (χ4n) is 2.59. The lowest BCUT2D eigenvalue weighted by molar-refractivity contribution is 0.735. The van der Waals surface area contributed by atoms with Crippen LogP contribution in [0.1, 0.15) is 5.56 Å². The van der Waals surface area contributed by atoms with Crippen LogP contribution in [0, 0.1) is 0 Å². The van der Waals surface area contributed by atoms with Gasteiger partial charge < -0.3 is 9.80 Å². The molecule has 0 unspecified atom stereocenters. The van der Waals surface area contributed by atoms with Crippen LogP contribution in [-0.2, 0) is 6.54 Å². The summed E-state index contributed by atoms with van der Waals surface area (Å²) >= 11 is 9.79. The molecule has 1 aliphatic heterocycles. The molecule has 0 atom stereocenters. The number of benzene rings is 2. The Hall–Kier alpha value is -1.19. The van der Waals surface area contributed by atoms with Gasteiger partial charge in [-0.3, -0.25) is 0 Å². The molecule has 0 bridgehead atoms. The predicted molar refractivity (Wildman–Crippen MR) is 89.9 cm³/mol. The van der Waals surface area contributed by atoms with Crippen LogP contribution in [0.25, 0.3) is 0 Å². The third-order valence-corrected chi connectivity index (χ3v) is 4.56. The molecule has 3 rings (SSSR count). The van der Waals surface area contributed by atoms with Crippen molar-refractivity contribution in [1.82, 2.24) is 0 Å². The third-order valence-electron chi connectivity index (χ3n) is 3.72. The molecule has 0 N–H and O–H groups in total. The molecule has 104 valence electrons. The normalized spacial score (nSPS) is 14.3. The van der Waals surface area contributed by atoms with E-state index >= 15 is 0 Å². The van der Waals surface area contributed by atoms with Crippen molar-refractivity contribution in [1.29, 1.82) is 0 Å².